The predicted octanol–water partition coefficient (Wildman–Crippen LogP) is 1.47. The van der Waals surface area contributed by atoms with Crippen LogP contribution in [0.5, 0.6) is 0 Å². The van der Waals surface area contributed by atoms with Crippen molar-refractivity contribution in [3.63, 3.8) is 0 Å². The highest BCUT2D eigenvalue weighted by Gasteiger charge is 1.68. The summed E-state index contributed by atoms with van der Waals surface area (Å²) >= 11 is 4.08. The van der Waals surface area contributed by atoms with Crippen LogP contribution in [0.3, 0.4) is 0 Å². The normalized spacial score (nSPS) is 6.60. The third kappa shape index (κ3) is 3.76. The van der Waals surface area contributed by atoms with E-state index in [-0.39, 0.29) is 0 Å². The van der Waals surface area contributed by atoms with Crippen LogP contribution in [0.1, 0.15) is 0 Å². The largest absolute Gasteiger partial charge is 0.207 e. The van der Waals surface area contributed by atoms with Crippen molar-refractivity contribution in [2.45, 2.75) is 0 Å². The Bertz CT molecular complexity index is 57.9. The van der Waals surface area contributed by atoms with Crippen LogP contribution in [-0.2, 0) is 0 Å². The second-order valence-corrected chi connectivity index (χ2v) is 0.800. The van der Waals surface area contributed by atoms with E-state index in [0.717, 1.165) is 5.37 Å². The zero-order chi connectivity index (χ0) is 4.28. The van der Waals surface area contributed by atoms with Gasteiger partial charge in [-0.15, -0.1) is 0 Å². The molecule has 0 nitrogen and oxygen atoms in total. The molecule has 0 aliphatic carbocycles. The van der Waals surface area contributed by atoms with E-state index in [1.165, 1.54) is 0 Å². The molecule has 0 fully saturated rings. The highest BCUT2D eigenvalue weighted by Crippen LogP contribution is 1.80. The molecule has 0 unspecified atom stereocenters. The van der Waals surface area contributed by atoms with E-state index in [4.69, 9.17) is 0 Å². The molecule has 0 aromatic carbocycles. The molecule has 0 atom stereocenters. The van der Waals surface area contributed by atoms with Crippen molar-refractivity contribution in [2.75, 3.05) is 0 Å². The Labute approximate surface area is 35.3 Å². The third-order valence-electron chi connectivity index (χ3n) is 0.128. The molecule has 0 aliphatic heterocycles. The van der Waals surface area contributed by atoms with Gasteiger partial charge in [0.1, 0.15) is 5.83 Å². The highest BCUT2D eigenvalue weighted by molar-refractivity contribution is 7.79. The average molecular weight is 90.1 g/mol. The fourth-order valence-electron chi connectivity index (χ4n) is 0. The van der Waals surface area contributed by atoms with Gasteiger partial charge in [0.05, 0.1) is 0 Å². The molecule has 0 saturated carbocycles. The molecular weight excluding hydrogens is 87.1 g/mol. The first-order valence-corrected chi connectivity index (χ1v) is 1.54. The summed E-state index contributed by atoms with van der Waals surface area (Å²) in [6.07, 6.45) is 0. The minimum atomic E-state index is -0.556. The first-order chi connectivity index (χ1) is 2.27. The smallest absolute Gasteiger partial charge is 0.126 e. The monoisotopic (exact) mass is 90.0 g/mol. The van der Waals surface area contributed by atoms with Crippen LogP contribution in [-0.4, -0.2) is 5.37 Å². The van der Waals surface area contributed by atoms with Crippen LogP contribution >= 0.6 is 12.2 Å². The first kappa shape index (κ1) is 4.76. The molecule has 0 aromatic heterocycles. The number of allylic oxidation sites excluding steroid dienone is 1. The zero-order valence-corrected chi connectivity index (χ0v) is 3.39. The standard InChI is InChI=1S/C3H3FS/c1-3(4)2-5/h2H,1H2. The number of halogens is 1. The SMILES string of the molecule is C=C(F)C=S. The van der Waals surface area contributed by atoms with E-state index in [9.17, 15) is 4.39 Å². The van der Waals surface area contributed by atoms with Crippen LogP contribution in [0.2, 0.25) is 0 Å². The Morgan fingerprint density at radius 1 is 2.00 bits per heavy atom. The molecule has 0 saturated heterocycles. The zero-order valence-electron chi connectivity index (χ0n) is 2.57. The lowest BCUT2D eigenvalue weighted by Gasteiger charge is -1.63. The molecular formula is C3H3FS. The Kier molecular flexibility index (Phi) is 1.93. The van der Waals surface area contributed by atoms with Crippen molar-refractivity contribution >= 4 is 17.6 Å². The lowest BCUT2D eigenvalue weighted by Crippen LogP contribution is -1.57. The summed E-state index contributed by atoms with van der Waals surface area (Å²) < 4.78 is 11.1. The van der Waals surface area contributed by atoms with Crippen molar-refractivity contribution in [2.24, 2.45) is 0 Å². The summed E-state index contributed by atoms with van der Waals surface area (Å²) in [5.74, 6) is -0.556. The van der Waals surface area contributed by atoms with Crippen LogP contribution in [0.25, 0.3) is 0 Å². The molecule has 5 heavy (non-hydrogen) atoms. The van der Waals surface area contributed by atoms with Gasteiger partial charge in [0.25, 0.3) is 0 Å². The van der Waals surface area contributed by atoms with Crippen molar-refractivity contribution in [1.29, 1.82) is 0 Å². The molecule has 0 radical (unpaired) electrons. The molecule has 0 aromatic rings. The minimum Gasteiger partial charge on any atom is -0.207 e. The van der Waals surface area contributed by atoms with Gasteiger partial charge >= 0.3 is 0 Å². The van der Waals surface area contributed by atoms with Gasteiger partial charge in [0.15, 0.2) is 0 Å². The van der Waals surface area contributed by atoms with Gasteiger partial charge in [-0.1, -0.05) is 18.8 Å². The minimum absolute atomic E-state index is 0.556. The Hall–Kier alpha value is -0.240. The van der Waals surface area contributed by atoms with Crippen LogP contribution < -0.4 is 0 Å². The molecule has 2 heteroatoms. The molecule has 0 spiro atoms. The second-order valence-electron chi connectivity index (χ2n) is 0.565. The number of hydrogen-bond donors (Lipinski definition) is 0. The van der Waals surface area contributed by atoms with Crippen molar-refractivity contribution in [1.82, 2.24) is 0 Å². The average Bonchev–Trinajstić information content (AvgIpc) is 1.38. The van der Waals surface area contributed by atoms with Gasteiger partial charge in [-0.2, -0.15) is 0 Å². The summed E-state index contributed by atoms with van der Waals surface area (Å²) in [7, 11) is 0. The summed E-state index contributed by atoms with van der Waals surface area (Å²) in [6, 6.07) is 0. The van der Waals surface area contributed by atoms with Crippen molar-refractivity contribution < 1.29 is 4.39 Å². The quantitative estimate of drug-likeness (QED) is 0.347. The number of hydrogen-bond acceptors (Lipinski definition) is 1. The maximum atomic E-state index is 11.1. The van der Waals surface area contributed by atoms with Crippen molar-refractivity contribution in [3.05, 3.63) is 12.4 Å². The molecule has 0 rings (SSSR count). The maximum Gasteiger partial charge on any atom is 0.126 e. The van der Waals surface area contributed by atoms with E-state index in [2.05, 4.69) is 18.8 Å². The molecule has 0 N–H and O–H groups in total. The van der Waals surface area contributed by atoms with E-state index in [1.54, 1.807) is 0 Å². The van der Waals surface area contributed by atoms with Crippen LogP contribution in [0.4, 0.5) is 4.39 Å². The molecule has 0 amide bonds. The summed E-state index contributed by atoms with van der Waals surface area (Å²) in [5.41, 5.74) is 0. The van der Waals surface area contributed by atoms with Gasteiger partial charge in [0.2, 0.25) is 0 Å². The second kappa shape index (κ2) is 2.03. The van der Waals surface area contributed by atoms with E-state index < -0.39 is 5.83 Å². The third-order valence-corrected chi connectivity index (χ3v) is 0.384. The lowest BCUT2D eigenvalue weighted by atomic mass is 10.7. The first-order valence-electron chi connectivity index (χ1n) is 1.07. The van der Waals surface area contributed by atoms with E-state index in [1.807, 2.05) is 0 Å². The lowest BCUT2D eigenvalue weighted by molar-refractivity contribution is 0.693. The maximum absolute atomic E-state index is 11.1. The van der Waals surface area contributed by atoms with Crippen LogP contribution in [0, 0.1) is 0 Å². The van der Waals surface area contributed by atoms with E-state index >= 15 is 0 Å². The molecule has 28 valence electrons. The van der Waals surface area contributed by atoms with Gasteiger partial charge in [0, 0.05) is 5.37 Å². The Morgan fingerprint density at radius 3 is 2.20 bits per heavy atom. The topological polar surface area (TPSA) is 0 Å². The summed E-state index contributed by atoms with van der Waals surface area (Å²) in [5, 5.41) is 0.889. The van der Waals surface area contributed by atoms with Gasteiger partial charge in [-0.05, 0) is 0 Å². The Balaban J connectivity index is 3.20. The summed E-state index contributed by atoms with van der Waals surface area (Å²) in [6.45, 7) is 2.85. The Morgan fingerprint density at radius 2 is 2.20 bits per heavy atom. The summed E-state index contributed by atoms with van der Waals surface area (Å²) in [4.78, 5) is 0. The van der Waals surface area contributed by atoms with Gasteiger partial charge < -0.3 is 0 Å². The molecule has 0 aliphatic rings. The van der Waals surface area contributed by atoms with Crippen LogP contribution in [0.15, 0.2) is 12.4 Å². The fraction of sp³-hybridized carbons (Fsp3) is 0. The fourth-order valence-corrected chi connectivity index (χ4v) is 0. The molecule has 0 bridgehead atoms. The van der Waals surface area contributed by atoms with Crippen molar-refractivity contribution in [3.8, 4) is 0 Å². The predicted molar refractivity (Wildman–Crippen MR) is 23.9 cm³/mol. The number of rotatable bonds is 1. The van der Waals surface area contributed by atoms with Gasteiger partial charge in [-0.3, -0.25) is 0 Å². The highest BCUT2D eigenvalue weighted by atomic mass is 32.1. The molecule has 0 heterocycles. The number of thiocarbonyl (C=S) groups is 1. The van der Waals surface area contributed by atoms with Gasteiger partial charge in [-0.25, -0.2) is 4.39 Å². The van der Waals surface area contributed by atoms with E-state index in [0.29, 0.717) is 0 Å².